The molecule has 3 amide bonds. The summed E-state index contributed by atoms with van der Waals surface area (Å²) in [5.41, 5.74) is 3.40. The van der Waals surface area contributed by atoms with Gasteiger partial charge in [0, 0.05) is 44.6 Å². The molecule has 42 heavy (non-hydrogen) atoms. The Kier molecular flexibility index (Phi) is 10.7. The maximum absolute atomic E-state index is 13.3. The lowest BCUT2D eigenvalue weighted by molar-refractivity contribution is -0.384. The van der Waals surface area contributed by atoms with Gasteiger partial charge in [0.25, 0.3) is 5.69 Å². The number of nitrogens with one attached hydrogen (secondary N) is 4. The molecule has 0 unspecified atom stereocenters. The van der Waals surface area contributed by atoms with E-state index in [9.17, 15) is 34.4 Å². The van der Waals surface area contributed by atoms with Gasteiger partial charge in [0.2, 0.25) is 17.7 Å². The van der Waals surface area contributed by atoms with E-state index in [0.29, 0.717) is 23.4 Å². The van der Waals surface area contributed by atoms with Crippen LogP contribution in [0.15, 0.2) is 66.7 Å². The van der Waals surface area contributed by atoms with E-state index in [4.69, 9.17) is 0 Å². The van der Waals surface area contributed by atoms with Crippen LogP contribution in [0.4, 0.5) is 17.1 Å². The van der Waals surface area contributed by atoms with Crippen molar-refractivity contribution in [2.24, 2.45) is 0 Å². The van der Waals surface area contributed by atoms with Crippen LogP contribution in [0, 0.1) is 10.1 Å². The van der Waals surface area contributed by atoms with E-state index >= 15 is 0 Å². The molecule has 0 aliphatic carbocycles. The summed E-state index contributed by atoms with van der Waals surface area (Å²) in [6.07, 6.45) is 0.813. The van der Waals surface area contributed by atoms with E-state index in [1.807, 2.05) is 13.0 Å². The lowest BCUT2D eigenvalue weighted by Gasteiger charge is -2.23. The molecule has 0 heterocycles. The van der Waals surface area contributed by atoms with Gasteiger partial charge in [-0.2, -0.15) is 0 Å². The van der Waals surface area contributed by atoms with Crippen molar-refractivity contribution in [2.45, 2.75) is 45.2 Å². The predicted molar refractivity (Wildman–Crippen MR) is 157 cm³/mol. The Morgan fingerprint density at radius 2 is 1.48 bits per heavy atom. The fourth-order valence-electron chi connectivity index (χ4n) is 4.45. The molecule has 0 bridgehead atoms. The zero-order chi connectivity index (χ0) is 30.8. The van der Waals surface area contributed by atoms with E-state index in [2.05, 4.69) is 21.3 Å². The Labute approximate surface area is 242 Å². The van der Waals surface area contributed by atoms with Crippen molar-refractivity contribution in [3.63, 3.8) is 0 Å². The zero-order valence-corrected chi connectivity index (χ0v) is 23.5. The second-order valence-corrected chi connectivity index (χ2v) is 9.58. The first kappa shape index (κ1) is 31.3. The van der Waals surface area contributed by atoms with Gasteiger partial charge in [-0.1, -0.05) is 43.3 Å². The molecule has 0 aromatic heterocycles. The summed E-state index contributed by atoms with van der Waals surface area (Å²) in [7, 11) is 1.43. The molecule has 0 saturated carbocycles. The third kappa shape index (κ3) is 8.37. The average Bonchev–Trinajstić information content (AvgIpc) is 2.96. The SMILES string of the molecule is CCc1cc(C[C@H](NC(C)=O)C(=O)N[C@@H](Cc2ccc([N+](=O)[O-])cc2)C(=O)NC)ccc1Nc1ccccc1C(=O)O. The quantitative estimate of drug-likeness (QED) is 0.152. The van der Waals surface area contributed by atoms with Crippen LogP contribution >= 0.6 is 0 Å². The molecule has 0 aliphatic rings. The number of aromatic carboxylic acids is 1. The van der Waals surface area contributed by atoms with Crippen LogP contribution < -0.4 is 21.3 Å². The van der Waals surface area contributed by atoms with Crippen molar-refractivity contribution in [1.82, 2.24) is 16.0 Å². The van der Waals surface area contributed by atoms with E-state index in [-0.39, 0.29) is 24.1 Å². The monoisotopic (exact) mass is 575 g/mol. The fourth-order valence-corrected chi connectivity index (χ4v) is 4.45. The topological polar surface area (TPSA) is 180 Å². The lowest BCUT2D eigenvalue weighted by atomic mass is 9.99. The predicted octanol–water partition coefficient (Wildman–Crippen LogP) is 3.12. The number of rotatable bonds is 13. The number of nitrogens with zero attached hydrogens (tertiary/aromatic N) is 1. The number of amides is 3. The number of hydrogen-bond donors (Lipinski definition) is 5. The molecular formula is C30H33N5O7. The first-order valence-corrected chi connectivity index (χ1v) is 13.3. The summed E-state index contributed by atoms with van der Waals surface area (Å²) in [5, 5.41) is 31.5. The number of non-ortho nitro benzene ring substituents is 1. The van der Waals surface area contributed by atoms with Crippen LogP contribution in [0.2, 0.25) is 0 Å². The van der Waals surface area contributed by atoms with Gasteiger partial charge in [0.1, 0.15) is 12.1 Å². The highest BCUT2D eigenvalue weighted by molar-refractivity contribution is 5.95. The highest BCUT2D eigenvalue weighted by Crippen LogP contribution is 2.26. The van der Waals surface area contributed by atoms with Gasteiger partial charge in [-0.3, -0.25) is 24.5 Å². The van der Waals surface area contributed by atoms with Crippen LogP contribution in [0.25, 0.3) is 0 Å². The number of nitro benzene ring substituents is 1. The number of anilines is 2. The Bertz CT molecular complexity index is 1470. The Balaban J connectivity index is 1.80. The molecule has 12 nitrogen and oxygen atoms in total. The van der Waals surface area contributed by atoms with Crippen LogP contribution in [0.3, 0.4) is 0 Å². The van der Waals surface area contributed by atoms with E-state index < -0.39 is 40.7 Å². The van der Waals surface area contributed by atoms with Gasteiger partial charge in [-0.25, -0.2) is 4.79 Å². The number of carbonyl (C=O) groups is 4. The molecule has 5 N–H and O–H groups in total. The number of aryl methyl sites for hydroxylation is 1. The number of carboxylic acids is 1. The first-order valence-electron chi connectivity index (χ1n) is 13.3. The van der Waals surface area contributed by atoms with Crippen LogP contribution in [-0.2, 0) is 33.6 Å². The van der Waals surface area contributed by atoms with Gasteiger partial charge in [0.15, 0.2) is 0 Å². The molecule has 220 valence electrons. The summed E-state index contributed by atoms with van der Waals surface area (Å²) in [4.78, 5) is 60.0. The van der Waals surface area contributed by atoms with Crippen molar-refractivity contribution >= 4 is 40.8 Å². The fraction of sp³-hybridized carbons (Fsp3) is 0.267. The standard InChI is InChI=1S/C30H33N5O7/c1-4-21-15-20(11-14-24(21)33-25-8-6-5-7-23(25)30(39)40)17-27(32-18(2)36)29(38)34-26(28(37)31-3)16-19-9-12-22(13-10-19)35(41)42/h5-15,26-27,33H,4,16-17H2,1-3H3,(H,31,37)(H,32,36)(H,34,38)(H,39,40)/t26-,27-/m0/s1. The molecule has 0 saturated heterocycles. The average molecular weight is 576 g/mol. The number of likely N-dealkylation sites (N-methyl/N-ethyl adjacent to an activating group) is 1. The molecule has 3 rings (SSSR count). The molecule has 3 aromatic rings. The van der Waals surface area contributed by atoms with E-state index in [0.717, 1.165) is 11.1 Å². The minimum absolute atomic E-state index is 0.0777. The number of carbonyl (C=O) groups excluding carboxylic acids is 3. The molecule has 3 aromatic carbocycles. The Hall–Kier alpha value is -5.26. The van der Waals surface area contributed by atoms with Crippen molar-refractivity contribution in [1.29, 1.82) is 0 Å². The third-order valence-corrected chi connectivity index (χ3v) is 6.58. The van der Waals surface area contributed by atoms with Gasteiger partial charge < -0.3 is 26.4 Å². The maximum Gasteiger partial charge on any atom is 0.337 e. The number of carboxylic acid groups (broad SMARTS) is 1. The lowest BCUT2D eigenvalue weighted by Crippen LogP contribution is -2.54. The smallest absolute Gasteiger partial charge is 0.337 e. The highest BCUT2D eigenvalue weighted by atomic mass is 16.6. The normalized spacial score (nSPS) is 12.0. The number of nitro groups is 1. The molecule has 0 spiro atoms. The number of hydrogen-bond acceptors (Lipinski definition) is 7. The minimum Gasteiger partial charge on any atom is -0.478 e. The summed E-state index contributed by atoms with van der Waals surface area (Å²) in [6, 6.07) is 15.7. The van der Waals surface area contributed by atoms with Crippen LogP contribution in [0.5, 0.6) is 0 Å². The van der Waals surface area contributed by atoms with Crippen LogP contribution in [-0.4, -0.2) is 52.9 Å². The third-order valence-electron chi connectivity index (χ3n) is 6.58. The van der Waals surface area contributed by atoms with E-state index in [1.165, 1.54) is 44.3 Å². The summed E-state index contributed by atoms with van der Waals surface area (Å²) < 4.78 is 0. The second kappa shape index (κ2) is 14.4. The zero-order valence-electron chi connectivity index (χ0n) is 23.5. The molecule has 0 aliphatic heterocycles. The molecule has 12 heteroatoms. The molecule has 0 fully saturated rings. The van der Waals surface area contributed by atoms with Crippen molar-refractivity contribution in [2.75, 3.05) is 12.4 Å². The van der Waals surface area contributed by atoms with Gasteiger partial charge in [-0.15, -0.1) is 0 Å². The minimum atomic E-state index is -1.06. The van der Waals surface area contributed by atoms with Crippen molar-refractivity contribution in [3.8, 4) is 0 Å². The van der Waals surface area contributed by atoms with Gasteiger partial charge >= 0.3 is 5.97 Å². The van der Waals surface area contributed by atoms with Crippen molar-refractivity contribution < 1.29 is 29.2 Å². The molecule has 2 atom stereocenters. The maximum atomic E-state index is 13.3. The van der Waals surface area contributed by atoms with Crippen LogP contribution in [0.1, 0.15) is 40.9 Å². The first-order chi connectivity index (χ1) is 20.0. The summed E-state index contributed by atoms with van der Waals surface area (Å²) in [6.45, 7) is 3.23. The Morgan fingerprint density at radius 3 is 2.07 bits per heavy atom. The van der Waals surface area contributed by atoms with E-state index in [1.54, 1.807) is 30.3 Å². The molecule has 0 radical (unpaired) electrons. The summed E-state index contributed by atoms with van der Waals surface area (Å²) >= 11 is 0. The van der Waals surface area contributed by atoms with Gasteiger partial charge in [-0.05, 0) is 41.3 Å². The number of para-hydroxylation sites is 1. The second-order valence-electron chi connectivity index (χ2n) is 9.58. The largest absolute Gasteiger partial charge is 0.478 e. The van der Waals surface area contributed by atoms with Crippen molar-refractivity contribution in [3.05, 3.63) is 99.1 Å². The van der Waals surface area contributed by atoms with Gasteiger partial charge in [0.05, 0.1) is 16.2 Å². The molecular weight excluding hydrogens is 542 g/mol. The summed E-state index contributed by atoms with van der Waals surface area (Å²) in [5.74, 6) is -2.52. The highest BCUT2D eigenvalue weighted by Gasteiger charge is 2.27. The Morgan fingerprint density at radius 1 is 0.857 bits per heavy atom. The number of benzene rings is 3.